The molecule has 0 atom stereocenters. The lowest BCUT2D eigenvalue weighted by atomic mass is 10.3. The molecule has 0 saturated heterocycles. The van der Waals surface area contributed by atoms with Crippen LogP contribution in [0, 0.1) is 0 Å². The summed E-state index contributed by atoms with van der Waals surface area (Å²) in [5.74, 6) is 0. The molecule has 0 aromatic carbocycles. The molecule has 5 nitrogen and oxygen atoms in total. The van der Waals surface area contributed by atoms with E-state index >= 15 is 0 Å². The van der Waals surface area contributed by atoms with Gasteiger partial charge in [-0.1, -0.05) is 18.5 Å². The molecular formula is C14H22ClN5. The van der Waals surface area contributed by atoms with Gasteiger partial charge in [0.2, 0.25) is 0 Å². The Hall–Kier alpha value is -1.33. The van der Waals surface area contributed by atoms with Gasteiger partial charge in [-0.15, -0.1) is 0 Å². The van der Waals surface area contributed by atoms with Gasteiger partial charge >= 0.3 is 0 Å². The average molecular weight is 296 g/mol. The molecule has 0 radical (unpaired) electrons. The number of rotatable bonds is 7. The first-order valence-electron chi connectivity index (χ1n) is 7.08. The van der Waals surface area contributed by atoms with E-state index in [2.05, 4.69) is 40.0 Å². The second-order valence-electron chi connectivity index (χ2n) is 4.77. The molecule has 0 bridgehead atoms. The summed E-state index contributed by atoms with van der Waals surface area (Å²) in [5, 5.41) is 8.46. The van der Waals surface area contributed by atoms with E-state index in [9.17, 15) is 0 Å². The fourth-order valence-electron chi connectivity index (χ4n) is 2.22. The van der Waals surface area contributed by atoms with Gasteiger partial charge in [0.05, 0.1) is 35.0 Å². The Morgan fingerprint density at radius 2 is 2.15 bits per heavy atom. The monoisotopic (exact) mass is 295 g/mol. The third-order valence-corrected chi connectivity index (χ3v) is 3.78. The van der Waals surface area contributed by atoms with Crippen LogP contribution in [0.2, 0.25) is 5.02 Å². The van der Waals surface area contributed by atoms with Gasteiger partial charge in [0, 0.05) is 25.7 Å². The summed E-state index contributed by atoms with van der Waals surface area (Å²) in [4.78, 5) is 4.41. The Morgan fingerprint density at radius 3 is 2.80 bits per heavy atom. The quantitative estimate of drug-likeness (QED) is 0.851. The summed E-state index contributed by atoms with van der Waals surface area (Å²) in [6.45, 7) is 6.64. The van der Waals surface area contributed by atoms with E-state index < -0.39 is 0 Å². The molecule has 20 heavy (non-hydrogen) atoms. The molecule has 0 aliphatic rings. The number of hydrogen-bond acceptors (Lipinski definition) is 3. The highest BCUT2D eigenvalue weighted by Gasteiger charge is 2.14. The van der Waals surface area contributed by atoms with Crippen molar-refractivity contribution in [2.24, 2.45) is 0 Å². The zero-order chi connectivity index (χ0) is 14.5. The standard InChI is InChI=1S/C14H22ClN5/c1-4-12-14(15)13(20(5-2)18-12)9-19-8-11(17-10-19)6-7-16-3/h8,10,16H,4-7,9H2,1-3H3. The van der Waals surface area contributed by atoms with Gasteiger partial charge in [-0.3, -0.25) is 4.68 Å². The van der Waals surface area contributed by atoms with E-state index in [1.165, 1.54) is 0 Å². The molecule has 0 spiro atoms. The van der Waals surface area contributed by atoms with Gasteiger partial charge < -0.3 is 9.88 Å². The molecule has 110 valence electrons. The fraction of sp³-hybridized carbons (Fsp3) is 0.571. The number of imidazole rings is 1. The van der Waals surface area contributed by atoms with E-state index in [4.69, 9.17) is 11.6 Å². The molecule has 2 aromatic rings. The van der Waals surface area contributed by atoms with Crippen LogP contribution in [0.3, 0.4) is 0 Å². The molecule has 2 heterocycles. The summed E-state index contributed by atoms with van der Waals surface area (Å²) in [7, 11) is 1.95. The van der Waals surface area contributed by atoms with Crippen LogP contribution in [0.5, 0.6) is 0 Å². The molecule has 0 amide bonds. The lowest BCUT2D eigenvalue weighted by molar-refractivity contribution is 0.594. The normalized spacial score (nSPS) is 11.2. The third-order valence-electron chi connectivity index (χ3n) is 3.34. The molecule has 2 rings (SSSR count). The Labute approximate surface area is 125 Å². The van der Waals surface area contributed by atoms with Crippen LogP contribution in [0.15, 0.2) is 12.5 Å². The van der Waals surface area contributed by atoms with Gasteiger partial charge in [-0.2, -0.15) is 5.10 Å². The predicted molar refractivity (Wildman–Crippen MR) is 81.2 cm³/mol. The summed E-state index contributed by atoms with van der Waals surface area (Å²) < 4.78 is 4.05. The van der Waals surface area contributed by atoms with Crippen molar-refractivity contribution in [2.75, 3.05) is 13.6 Å². The number of nitrogens with zero attached hydrogens (tertiary/aromatic N) is 4. The first kappa shape index (κ1) is 15.1. The van der Waals surface area contributed by atoms with E-state index in [1.807, 2.05) is 18.1 Å². The third kappa shape index (κ3) is 3.22. The number of halogens is 1. The zero-order valence-corrected chi connectivity index (χ0v) is 13.1. The maximum absolute atomic E-state index is 6.42. The number of nitrogens with one attached hydrogen (secondary N) is 1. The lowest BCUT2D eigenvalue weighted by Crippen LogP contribution is -2.10. The van der Waals surface area contributed by atoms with Gasteiger partial charge in [-0.25, -0.2) is 4.98 Å². The van der Waals surface area contributed by atoms with Crippen LogP contribution < -0.4 is 5.32 Å². The Morgan fingerprint density at radius 1 is 1.35 bits per heavy atom. The minimum Gasteiger partial charge on any atom is -0.331 e. The zero-order valence-electron chi connectivity index (χ0n) is 12.4. The second-order valence-corrected chi connectivity index (χ2v) is 5.15. The highest BCUT2D eigenvalue weighted by molar-refractivity contribution is 6.31. The average Bonchev–Trinajstić information content (AvgIpc) is 3.03. The van der Waals surface area contributed by atoms with Crippen LogP contribution in [-0.4, -0.2) is 32.9 Å². The minimum atomic E-state index is 0.715. The van der Waals surface area contributed by atoms with Crippen molar-refractivity contribution in [3.05, 3.63) is 34.6 Å². The highest BCUT2D eigenvalue weighted by Crippen LogP contribution is 2.22. The van der Waals surface area contributed by atoms with Crippen molar-refractivity contribution in [2.45, 2.75) is 39.8 Å². The number of likely N-dealkylation sites (N-methyl/N-ethyl adjacent to an activating group) is 1. The molecule has 6 heteroatoms. The van der Waals surface area contributed by atoms with Gasteiger partial charge in [0.15, 0.2) is 0 Å². The van der Waals surface area contributed by atoms with Crippen LogP contribution in [0.25, 0.3) is 0 Å². The highest BCUT2D eigenvalue weighted by atomic mass is 35.5. The molecular weight excluding hydrogens is 274 g/mol. The van der Waals surface area contributed by atoms with Crippen molar-refractivity contribution >= 4 is 11.6 Å². The largest absolute Gasteiger partial charge is 0.331 e. The number of aromatic nitrogens is 4. The van der Waals surface area contributed by atoms with Crippen molar-refractivity contribution in [3.63, 3.8) is 0 Å². The summed E-state index contributed by atoms with van der Waals surface area (Å²) in [5.41, 5.74) is 3.12. The van der Waals surface area contributed by atoms with E-state index in [0.29, 0.717) is 6.54 Å². The van der Waals surface area contributed by atoms with Crippen LogP contribution in [-0.2, 0) is 25.9 Å². The van der Waals surface area contributed by atoms with E-state index in [1.54, 1.807) is 0 Å². The first-order valence-corrected chi connectivity index (χ1v) is 7.46. The Bertz CT molecular complexity index is 558. The van der Waals surface area contributed by atoms with Crippen LogP contribution >= 0.6 is 11.6 Å². The summed E-state index contributed by atoms with van der Waals surface area (Å²) >= 11 is 6.42. The predicted octanol–water partition coefficient (Wildman–Crippen LogP) is 2.13. The number of hydrogen-bond donors (Lipinski definition) is 1. The Kier molecular flexibility index (Phi) is 5.20. The van der Waals surface area contributed by atoms with Gasteiger partial charge in [0.25, 0.3) is 0 Å². The first-order chi connectivity index (χ1) is 9.69. The van der Waals surface area contributed by atoms with Crippen molar-refractivity contribution in [1.82, 2.24) is 24.6 Å². The minimum absolute atomic E-state index is 0.715. The van der Waals surface area contributed by atoms with Crippen molar-refractivity contribution in [1.29, 1.82) is 0 Å². The summed E-state index contributed by atoms with van der Waals surface area (Å²) in [6.07, 6.45) is 5.73. The fourth-order valence-corrected chi connectivity index (χ4v) is 2.55. The summed E-state index contributed by atoms with van der Waals surface area (Å²) in [6, 6.07) is 0. The van der Waals surface area contributed by atoms with Crippen LogP contribution in [0.4, 0.5) is 0 Å². The molecule has 0 unspecified atom stereocenters. The molecule has 0 aliphatic heterocycles. The maximum atomic E-state index is 6.42. The van der Waals surface area contributed by atoms with Crippen LogP contribution in [0.1, 0.15) is 30.9 Å². The Balaban J connectivity index is 2.16. The smallest absolute Gasteiger partial charge is 0.0953 e. The maximum Gasteiger partial charge on any atom is 0.0953 e. The molecule has 2 aromatic heterocycles. The molecule has 0 fully saturated rings. The molecule has 0 saturated carbocycles. The SMILES string of the molecule is CCc1nn(CC)c(Cn2cnc(CCNC)c2)c1Cl. The van der Waals surface area contributed by atoms with E-state index in [-0.39, 0.29) is 0 Å². The second kappa shape index (κ2) is 6.90. The van der Waals surface area contributed by atoms with Gasteiger partial charge in [-0.05, 0) is 20.4 Å². The van der Waals surface area contributed by atoms with Crippen molar-refractivity contribution in [3.8, 4) is 0 Å². The van der Waals surface area contributed by atoms with Gasteiger partial charge in [0.1, 0.15) is 0 Å². The van der Waals surface area contributed by atoms with E-state index in [0.717, 1.165) is 48.0 Å². The lowest BCUT2D eigenvalue weighted by Gasteiger charge is -2.06. The topological polar surface area (TPSA) is 47.7 Å². The molecule has 0 aliphatic carbocycles. The number of aryl methyl sites for hydroxylation is 2. The molecule has 1 N–H and O–H groups in total. The van der Waals surface area contributed by atoms with Crippen molar-refractivity contribution < 1.29 is 0 Å².